The highest BCUT2D eigenvalue weighted by Crippen LogP contribution is 2.31. The molecule has 1 aromatic carbocycles. The van der Waals surface area contributed by atoms with Gasteiger partial charge in [0.2, 0.25) is 5.56 Å². The van der Waals surface area contributed by atoms with Crippen molar-refractivity contribution in [3.8, 4) is 5.75 Å². The third-order valence-electron chi connectivity index (χ3n) is 1.96. The van der Waals surface area contributed by atoms with Gasteiger partial charge in [-0.05, 0) is 26.8 Å². The van der Waals surface area contributed by atoms with E-state index in [1.165, 1.54) is 6.26 Å². The first kappa shape index (κ1) is 28.1. The van der Waals surface area contributed by atoms with Crippen LogP contribution < -0.4 is 4.74 Å². The minimum absolute atomic E-state index is 0.473. The number of carbonyl (C=O) groups is 1. The molecular formula is C20H35ClO4. The third kappa shape index (κ3) is 14.4. The molecule has 4 nitrogen and oxygen atoms in total. The number of ether oxygens (including phenoxy) is 3. The molecule has 0 spiro atoms. The van der Waals surface area contributed by atoms with Crippen molar-refractivity contribution < 1.29 is 19.0 Å². The summed E-state index contributed by atoms with van der Waals surface area (Å²) in [5.41, 5.74) is -1.11. The second-order valence-corrected chi connectivity index (χ2v) is 5.12. The number of alkyl halides is 1. The van der Waals surface area contributed by atoms with Crippen LogP contribution in [0, 0.1) is 0 Å². The van der Waals surface area contributed by atoms with Crippen molar-refractivity contribution in [1.82, 2.24) is 0 Å². The molecule has 0 heterocycles. The molecule has 0 radical (unpaired) electrons. The Morgan fingerprint density at radius 1 is 1.08 bits per heavy atom. The van der Waals surface area contributed by atoms with Gasteiger partial charge in [-0.25, -0.2) is 4.79 Å². The molecule has 146 valence electrons. The maximum atomic E-state index is 11.5. The van der Waals surface area contributed by atoms with Crippen molar-refractivity contribution in [3.63, 3.8) is 0 Å². The zero-order valence-electron chi connectivity index (χ0n) is 17.2. The summed E-state index contributed by atoms with van der Waals surface area (Å²) in [5.74, 6) is 0.473. The van der Waals surface area contributed by atoms with Gasteiger partial charge in [-0.2, -0.15) is 0 Å². The van der Waals surface area contributed by atoms with Gasteiger partial charge in [-0.1, -0.05) is 77.9 Å². The summed E-state index contributed by atoms with van der Waals surface area (Å²) in [4.78, 5) is 11.5. The topological polar surface area (TPSA) is 44.8 Å². The normalized spacial score (nSPS) is 10.2. The van der Waals surface area contributed by atoms with Gasteiger partial charge in [0.15, 0.2) is 0 Å². The van der Waals surface area contributed by atoms with Crippen LogP contribution in [0.2, 0.25) is 0 Å². The van der Waals surface area contributed by atoms with E-state index in [0.717, 1.165) is 0 Å². The lowest BCUT2D eigenvalue weighted by molar-refractivity contribution is -0.0137. The average Bonchev–Trinajstić information content (AvgIpc) is 2.59. The largest absolute Gasteiger partial charge is 0.510 e. The van der Waals surface area contributed by atoms with Crippen molar-refractivity contribution in [2.75, 3.05) is 0 Å². The molecule has 0 aliphatic carbocycles. The first-order valence-corrected chi connectivity index (χ1v) is 9.17. The zero-order chi connectivity index (χ0) is 20.5. The van der Waals surface area contributed by atoms with Crippen LogP contribution >= 0.6 is 11.6 Å². The van der Waals surface area contributed by atoms with E-state index in [2.05, 4.69) is 6.58 Å². The predicted molar refractivity (Wildman–Crippen MR) is 107 cm³/mol. The molecule has 5 heteroatoms. The summed E-state index contributed by atoms with van der Waals surface area (Å²) in [6.07, 6.45) is 0.441. The molecule has 0 saturated heterocycles. The van der Waals surface area contributed by atoms with Gasteiger partial charge in [0.1, 0.15) is 11.4 Å². The number of benzene rings is 1. The highest BCUT2D eigenvalue weighted by molar-refractivity contribution is 6.20. The van der Waals surface area contributed by atoms with Crippen molar-refractivity contribution in [1.29, 1.82) is 0 Å². The number of hydrogen-bond acceptors (Lipinski definition) is 4. The first-order chi connectivity index (χ1) is 11.8. The Morgan fingerprint density at radius 2 is 1.56 bits per heavy atom. The Morgan fingerprint density at radius 3 is 2.00 bits per heavy atom. The van der Waals surface area contributed by atoms with E-state index in [9.17, 15) is 4.79 Å². The second kappa shape index (κ2) is 17.2. The van der Waals surface area contributed by atoms with Crippen LogP contribution in [0.3, 0.4) is 0 Å². The Balaban J connectivity index is -0.000000725. The van der Waals surface area contributed by atoms with Gasteiger partial charge in [-0.15, -0.1) is 0 Å². The fraction of sp³-hybridized carbons (Fsp3) is 0.550. The van der Waals surface area contributed by atoms with Crippen LogP contribution in [0.25, 0.3) is 0 Å². The first-order valence-electron chi connectivity index (χ1n) is 8.73. The van der Waals surface area contributed by atoms with Crippen molar-refractivity contribution in [2.24, 2.45) is 0 Å². The molecule has 0 aliphatic rings. The molecule has 0 saturated carbocycles. The SMILES string of the molecule is C=COc1ccccc1C(Cl)OC(=O)OC(C)(C)C.CC.CC.CC. The molecule has 0 amide bonds. The predicted octanol–water partition coefficient (Wildman–Crippen LogP) is 7.48. The van der Waals surface area contributed by atoms with E-state index >= 15 is 0 Å². The van der Waals surface area contributed by atoms with Gasteiger partial charge >= 0.3 is 6.16 Å². The third-order valence-corrected chi connectivity index (χ3v) is 2.29. The summed E-state index contributed by atoms with van der Waals surface area (Å²) in [6.45, 7) is 20.7. The van der Waals surface area contributed by atoms with Gasteiger partial charge in [-0.3, -0.25) is 0 Å². The summed E-state index contributed by atoms with van der Waals surface area (Å²) < 4.78 is 15.2. The molecule has 0 N–H and O–H groups in total. The number of carbonyl (C=O) groups excluding carboxylic acids is 1. The number of rotatable bonds is 4. The van der Waals surface area contributed by atoms with Crippen LogP contribution in [-0.4, -0.2) is 11.8 Å². The number of halogens is 1. The molecule has 25 heavy (non-hydrogen) atoms. The molecule has 1 aromatic rings. The van der Waals surface area contributed by atoms with Gasteiger partial charge < -0.3 is 14.2 Å². The Hall–Kier alpha value is -1.68. The molecule has 0 fully saturated rings. The minimum Gasteiger partial charge on any atom is -0.465 e. The lowest BCUT2D eigenvalue weighted by Gasteiger charge is -2.21. The molecule has 0 aromatic heterocycles. The molecular weight excluding hydrogens is 340 g/mol. The van der Waals surface area contributed by atoms with Crippen LogP contribution in [-0.2, 0) is 9.47 Å². The van der Waals surface area contributed by atoms with Crippen molar-refractivity contribution >= 4 is 17.8 Å². The van der Waals surface area contributed by atoms with E-state index in [1.807, 2.05) is 41.5 Å². The molecule has 1 unspecified atom stereocenters. The summed E-state index contributed by atoms with van der Waals surface area (Å²) >= 11 is 6.03. The van der Waals surface area contributed by atoms with E-state index in [0.29, 0.717) is 11.3 Å². The lowest BCUT2D eigenvalue weighted by atomic mass is 10.2. The van der Waals surface area contributed by atoms with Crippen LogP contribution in [0.4, 0.5) is 4.79 Å². The fourth-order valence-corrected chi connectivity index (χ4v) is 1.54. The van der Waals surface area contributed by atoms with Crippen LogP contribution in [0.15, 0.2) is 37.1 Å². The minimum atomic E-state index is -0.994. The highest BCUT2D eigenvalue weighted by Gasteiger charge is 2.22. The standard InChI is InChI=1S/C14H17ClO4.3C2H6/c1-5-17-11-9-7-6-8-10(11)12(15)18-13(16)19-14(2,3)4;3*1-2/h5-9,12H,1H2,2-4H3;3*1-2H3. The summed E-state index contributed by atoms with van der Waals surface area (Å²) in [6, 6.07) is 6.93. The number of hydrogen-bond donors (Lipinski definition) is 0. The summed E-state index contributed by atoms with van der Waals surface area (Å²) in [5, 5.41) is 0. The highest BCUT2D eigenvalue weighted by atomic mass is 35.5. The smallest absolute Gasteiger partial charge is 0.465 e. The van der Waals surface area contributed by atoms with E-state index < -0.39 is 17.3 Å². The van der Waals surface area contributed by atoms with E-state index in [1.54, 1.807) is 45.0 Å². The maximum absolute atomic E-state index is 11.5. The summed E-state index contributed by atoms with van der Waals surface area (Å²) in [7, 11) is 0. The monoisotopic (exact) mass is 374 g/mol. The lowest BCUT2D eigenvalue weighted by Crippen LogP contribution is -2.24. The Labute approximate surface area is 159 Å². The van der Waals surface area contributed by atoms with Gasteiger partial charge in [0.25, 0.3) is 0 Å². The average molecular weight is 375 g/mol. The van der Waals surface area contributed by atoms with Crippen LogP contribution in [0.5, 0.6) is 5.75 Å². The fourth-order valence-electron chi connectivity index (χ4n) is 1.29. The van der Waals surface area contributed by atoms with Crippen molar-refractivity contribution in [2.45, 2.75) is 73.5 Å². The van der Waals surface area contributed by atoms with Gasteiger partial charge in [0, 0.05) is 0 Å². The molecule has 0 aliphatic heterocycles. The van der Waals surface area contributed by atoms with Gasteiger partial charge in [0.05, 0.1) is 11.8 Å². The maximum Gasteiger partial charge on any atom is 0.510 e. The van der Waals surface area contributed by atoms with Crippen molar-refractivity contribution in [3.05, 3.63) is 42.7 Å². The molecule has 0 bridgehead atoms. The zero-order valence-corrected chi connectivity index (χ0v) is 17.9. The Kier molecular flexibility index (Phi) is 19.3. The van der Waals surface area contributed by atoms with E-state index in [4.69, 9.17) is 25.8 Å². The molecule has 1 atom stereocenters. The second-order valence-electron chi connectivity index (χ2n) is 4.72. The Bertz CT molecular complexity index is 453. The quantitative estimate of drug-likeness (QED) is 0.311. The molecule has 1 rings (SSSR count). The number of para-hydroxylation sites is 1. The van der Waals surface area contributed by atoms with Crippen LogP contribution in [0.1, 0.15) is 73.4 Å². The van der Waals surface area contributed by atoms with E-state index in [-0.39, 0.29) is 0 Å².